The molecule has 2 heterocycles. The summed E-state index contributed by atoms with van der Waals surface area (Å²) in [7, 11) is -6.03. The van der Waals surface area contributed by atoms with Crippen molar-refractivity contribution in [2.75, 3.05) is 70.9 Å². The second kappa shape index (κ2) is 10.8. The van der Waals surface area contributed by atoms with Crippen molar-refractivity contribution in [3.63, 3.8) is 0 Å². The molecule has 2 aromatic rings. The van der Waals surface area contributed by atoms with Crippen LogP contribution in [0.5, 0.6) is 5.75 Å². The van der Waals surface area contributed by atoms with Gasteiger partial charge in [-0.25, -0.2) is 21.2 Å². The lowest BCUT2D eigenvalue weighted by Crippen LogP contribution is -2.49. The Balaban J connectivity index is 1.52. The molecule has 4 rings (SSSR count). The molecule has 0 spiro atoms. The summed E-state index contributed by atoms with van der Waals surface area (Å²) >= 11 is 5.78. The van der Waals surface area contributed by atoms with Crippen molar-refractivity contribution < 1.29 is 26.0 Å². The topological polar surface area (TPSA) is 90.5 Å². The minimum absolute atomic E-state index is 0.0730. The quantitative estimate of drug-likeness (QED) is 0.513. The van der Waals surface area contributed by atoms with Crippen LogP contribution in [0.1, 0.15) is 6.92 Å². The lowest BCUT2D eigenvalue weighted by Gasteiger charge is -2.36. The number of anilines is 1. The molecule has 13 heteroatoms. The minimum atomic E-state index is -3.86. The van der Waals surface area contributed by atoms with Crippen molar-refractivity contribution in [3.05, 3.63) is 47.2 Å². The summed E-state index contributed by atoms with van der Waals surface area (Å²) in [6.07, 6.45) is 0. The highest BCUT2D eigenvalue weighted by Crippen LogP contribution is 2.33. The molecule has 198 valence electrons. The fraction of sp³-hybridized carbons (Fsp3) is 0.478. The van der Waals surface area contributed by atoms with Gasteiger partial charge in [-0.2, -0.15) is 8.61 Å². The fourth-order valence-corrected chi connectivity index (χ4v) is 7.61. The molecule has 0 atom stereocenters. The number of rotatable bonds is 7. The summed E-state index contributed by atoms with van der Waals surface area (Å²) in [6, 6.07) is 8.11. The van der Waals surface area contributed by atoms with Crippen LogP contribution in [0.4, 0.5) is 10.1 Å². The van der Waals surface area contributed by atoms with Crippen LogP contribution in [0, 0.1) is 5.82 Å². The second-order valence-electron chi connectivity index (χ2n) is 8.64. The summed E-state index contributed by atoms with van der Waals surface area (Å²) in [5, 5.41) is -0.256. The molecule has 0 saturated carbocycles. The molecule has 0 radical (unpaired) electrons. The number of likely N-dealkylation sites (N-methyl/N-ethyl adjacent to an activating group) is 1. The van der Waals surface area contributed by atoms with Gasteiger partial charge >= 0.3 is 0 Å². The molecule has 0 aromatic heterocycles. The van der Waals surface area contributed by atoms with Crippen LogP contribution in [0.3, 0.4) is 0 Å². The molecule has 2 aromatic carbocycles. The van der Waals surface area contributed by atoms with Crippen molar-refractivity contribution in [3.8, 4) is 5.75 Å². The van der Waals surface area contributed by atoms with Crippen LogP contribution in [-0.2, 0) is 20.0 Å². The molecular weight excluding hydrogens is 531 g/mol. The van der Waals surface area contributed by atoms with E-state index in [9.17, 15) is 21.2 Å². The summed E-state index contributed by atoms with van der Waals surface area (Å²) in [4.78, 5) is 4.23. The fourth-order valence-electron chi connectivity index (χ4n) is 4.47. The van der Waals surface area contributed by atoms with Gasteiger partial charge in [-0.3, -0.25) is 0 Å². The van der Waals surface area contributed by atoms with Crippen LogP contribution in [0.2, 0.25) is 5.02 Å². The smallest absolute Gasteiger partial charge is 0.243 e. The molecular formula is C23H30ClFN4O5S2. The van der Waals surface area contributed by atoms with Gasteiger partial charge < -0.3 is 14.5 Å². The number of ether oxygens (including phenoxy) is 1. The van der Waals surface area contributed by atoms with Crippen molar-refractivity contribution in [1.82, 2.24) is 13.5 Å². The van der Waals surface area contributed by atoms with Crippen molar-refractivity contribution >= 4 is 37.3 Å². The van der Waals surface area contributed by atoms with Gasteiger partial charge in [0.1, 0.15) is 11.6 Å². The normalized spacial score (nSPS) is 18.9. The van der Waals surface area contributed by atoms with E-state index in [4.69, 9.17) is 16.3 Å². The first-order chi connectivity index (χ1) is 17.1. The van der Waals surface area contributed by atoms with E-state index in [-0.39, 0.29) is 27.9 Å². The van der Waals surface area contributed by atoms with E-state index in [1.165, 1.54) is 21.8 Å². The second-order valence-corrected chi connectivity index (χ2v) is 12.9. The highest BCUT2D eigenvalue weighted by atomic mass is 35.5. The first-order valence-electron chi connectivity index (χ1n) is 11.7. The van der Waals surface area contributed by atoms with E-state index >= 15 is 0 Å². The maximum absolute atomic E-state index is 13.5. The zero-order valence-electron chi connectivity index (χ0n) is 20.2. The number of piperazine rings is 2. The predicted molar refractivity (Wildman–Crippen MR) is 136 cm³/mol. The van der Waals surface area contributed by atoms with E-state index in [0.29, 0.717) is 50.7 Å². The van der Waals surface area contributed by atoms with Crippen LogP contribution < -0.4 is 9.64 Å². The molecule has 2 aliphatic heterocycles. The zero-order chi connectivity index (χ0) is 26.1. The average Bonchev–Trinajstić information content (AvgIpc) is 2.89. The third-order valence-electron chi connectivity index (χ3n) is 6.67. The Kier molecular flexibility index (Phi) is 8.13. The van der Waals surface area contributed by atoms with Gasteiger partial charge in [-0.05, 0) is 42.9 Å². The Labute approximate surface area is 217 Å². The lowest BCUT2D eigenvalue weighted by atomic mass is 10.2. The number of methoxy groups -OCH3 is 1. The van der Waals surface area contributed by atoms with E-state index in [2.05, 4.69) is 11.8 Å². The number of hydrogen-bond acceptors (Lipinski definition) is 7. The molecule has 2 saturated heterocycles. The van der Waals surface area contributed by atoms with E-state index in [1.807, 2.05) is 4.90 Å². The van der Waals surface area contributed by atoms with Crippen LogP contribution in [-0.4, -0.2) is 96.4 Å². The van der Waals surface area contributed by atoms with Gasteiger partial charge in [-0.15, -0.1) is 0 Å². The molecule has 0 bridgehead atoms. The molecule has 2 aliphatic rings. The first-order valence-corrected chi connectivity index (χ1v) is 14.9. The zero-order valence-corrected chi connectivity index (χ0v) is 22.6. The average molecular weight is 561 g/mol. The highest BCUT2D eigenvalue weighted by Gasteiger charge is 2.32. The van der Waals surface area contributed by atoms with Gasteiger partial charge in [-0.1, -0.05) is 18.5 Å². The third kappa shape index (κ3) is 5.34. The van der Waals surface area contributed by atoms with E-state index < -0.39 is 25.9 Å². The van der Waals surface area contributed by atoms with Crippen molar-refractivity contribution in [2.45, 2.75) is 16.7 Å². The van der Waals surface area contributed by atoms with Crippen molar-refractivity contribution in [2.24, 2.45) is 0 Å². The molecule has 0 amide bonds. The summed E-state index contributed by atoms with van der Waals surface area (Å²) in [6.45, 7) is 6.15. The van der Waals surface area contributed by atoms with Crippen LogP contribution in [0.25, 0.3) is 0 Å². The van der Waals surface area contributed by atoms with Crippen LogP contribution >= 0.6 is 11.6 Å². The first kappa shape index (κ1) is 27.1. The van der Waals surface area contributed by atoms with Gasteiger partial charge in [0.2, 0.25) is 20.0 Å². The maximum atomic E-state index is 13.5. The van der Waals surface area contributed by atoms with Gasteiger partial charge in [0.25, 0.3) is 0 Å². The summed E-state index contributed by atoms with van der Waals surface area (Å²) in [5.74, 6) is -0.180. The number of benzene rings is 2. The number of hydrogen-bond donors (Lipinski definition) is 0. The Hall–Kier alpha value is -1.96. The SMILES string of the molecule is CCN1CCN(S(=O)(=O)c2ccc(OC)c(N3CCN(S(=O)(=O)c4ccc(F)c(Cl)c4)CC3)c2)CC1. The van der Waals surface area contributed by atoms with Gasteiger partial charge in [0.15, 0.2) is 0 Å². The van der Waals surface area contributed by atoms with Crippen LogP contribution in [0.15, 0.2) is 46.2 Å². The molecule has 0 aliphatic carbocycles. The summed E-state index contributed by atoms with van der Waals surface area (Å²) in [5.41, 5.74) is 0.590. The Morgan fingerprint density at radius 3 is 1.89 bits per heavy atom. The monoisotopic (exact) mass is 560 g/mol. The number of sulfonamides is 2. The molecule has 9 nitrogen and oxygen atoms in total. The Bertz CT molecular complexity index is 1310. The Morgan fingerprint density at radius 1 is 0.833 bits per heavy atom. The molecule has 2 fully saturated rings. The molecule has 36 heavy (non-hydrogen) atoms. The van der Waals surface area contributed by atoms with Crippen molar-refractivity contribution in [1.29, 1.82) is 0 Å². The van der Waals surface area contributed by atoms with Gasteiger partial charge in [0, 0.05) is 52.4 Å². The number of nitrogens with zero attached hydrogens (tertiary/aromatic N) is 4. The molecule has 0 unspecified atom stereocenters. The third-order valence-corrected chi connectivity index (χ3v) is 10.8. The lowest BCUT2D eigenvalue weighted by molar-refractivity contribution is 0.196. The van der Waals surface area contributed by atoms with Gasteiger partial charge in [0.05, 0.1) is 27.6 Å². The summed E-state index contributed by atoms with van der Waals surface area (Å²) < 4.78 is 74.5. The van der Waals surface area contributed by atoms with E-state index in [0.717, 1.165) is 18.7 Å². The standard InChI is InChI=1S/C23H30ClFN4O5S2/c1-3-26-8-12-28(13-9-26)36(32,33)19-5-7-23(34-2)22(17-19)27-10-14-29(15-11-27)35(30,31)18-4-6-21(25)20(24)16-18/h4-7,16-17H,3,8-15H2,1-2H3. The molecule has 0 N–H and O–H groups in total. The largest absolute Gasteiger partial charge is 0.495 e. The highest BCUT2D eigenvalue weighted by molar-refractivity contribution is 7.89. The minimum Gasteiger partial charge on any atom is -0.495 e. The number of halogens is 2. The maximum Gasteiger partial charge on any atom is 0.243 e. The Morgan fingerprint density at radius 2 is 1.36 bits per heavy atom. The predicted octanol–water partition coefficient (Wildman–Crippen LogP) is 2.32. The van der Waals surface area contributed by atoms with E-state index in [1.54, 1.807) is 18.2 Å².